The zero-order valence-electron chi connectivity index (χ0n) is 11.3. The molecule has 22 heavy (non-hydrogen) atoms. The van der Waals surface area contributed by atoms with Crippen LogP contribution >= 0.6 is 11.6 Å². The van der Waals surface area contributed by atoms with Gasteiger partial charge in [-0.15, -0.1) is 0 Å². The van der Waals surface area contributed by atoms with Crippen LogP contribution in [0.25, 0.3) is 11.6 Å². The minimum atomic E-state index is -0.581. The lowest BCUT2D eigenvalue weighted by Gasteiger charge is -2.07. The first-order valence-corrected chi connectivity index (χ1v) is 6.84. The van der Waals surface area contributed by atoms with Crippen LogP contribution in [0.3, 0.4) is 0 Å². The van der Waals surface area contributed by atoms with E-state index in [-0.39, 0.29) is 19.0 Å². The van der Waals surface area contributed by atoms with Gasteiger partial charge in [-0.2, -0.15) is 0 Å². The van der Waals surface area contributed by atoms with Crippen LogP contribution in [0.5, 0.6) is 5.75 Å². The highest BCUT2D eigenvalue weighted by atomic mass is 35.5. The van der Waals surface area contributed by atoms with Crippen LogP contribution in [0.4, 0.5) is 0 Å². The van der Waals surface area contributed by atoms with E-state index >= 15 is 0 Å². The van der Waals surface area contributed by atoms with Crippen molar-refractivity contribution in [1.82, 2.24) is 19.7 Å². The van der Waals surface area contributed by atoms with Crippen molar-refractivity contribution in [3.8, 4) is 17.4 Å². The maximum atomic E-state index is 11.7. The number of rotatable bonds is 5. The molecule has 2 aromatic heterocycles. The molecule has 0 amide bonds. The molecule has 0 atom stereocenters. The summed E-state index contributed by atoms with van der Waals surface area (Å²) in [6, 6.07) is 8.63. The molecule has 0 aliphatic rings. The molecule has 7 nitrogen and oxygen atoms in total. The topological polar surface area (TPSA) is 83.0 Å². The number of aromatic nitrogens is 4. The molecule has 1 aromatic carbocycles. The van der Waals surface area contributed by atoms with Crippen LogP contribution in [-0.2, 0) is 6.54 Å². The van der Waals surface area contributed by atoms with Crippen LogP contribution in [0, 0.1) is 0 Å². The molecule has 0 aliphatic carbocycles. The Morgan fingerprint density at radius 1 is 1.18 bits per heavy atom. The lowest BCUT2D eigenvalue weighted by Crippen LogP contribution is -2.20. The molecule has 112 valence electrons. The van der Waals surface area contributed by atoms with Crippen LogP contribution in [0.15, 0.2) is 52.0 Å². The molecule has 0 fully saturated rings. The van der Waals surface area contributed by atoms with E-state index in [4.69, 9.17) is 16.3 Å². The quantitative estimate of drug-likeness (QED) is 0.715. The first-order valence-electron chi connectivity index (χ1n) is 6.46. The molecule has 3 aromatic rings. The molecule has 0 saturated carbocycles. The molecule has 2 heterocycles. The largest absolute Gasteiger partial charge is 0.492 e. The summed E-state index contributed by atoms with van der Waals surface area (Å²) >= 11 is 5.80. The highest BCUT2D eigenvalue weighted by Gasteiger charge is 2.14. The fraction of sp³-hybridized carbons (Fsp3) is 0.143. The Morgan fingerprint density at radius 3 is 2.64 bits per heavy atom. The average molecular weight is 319 g/mol. The molecule has 8 heteroatoms. The summed E-state index contributed by atoms with van der Waals surface area (Å²) in [5, 5.41) is 4.33. The standard InChI is InChI=1S/C14H11ClN4O3/c15-10-2-4-11(5-3-10)21-9-8-19-13(18-22-14(19)20)12-16-6-1-7-17-12/h1-7H,8-9H2. The van der Waals surface area contributed by atoms with Gasteiger partial charge in [0.1, 0.15) is 12.4 Å². The van der Waals surface area contributed by atoms with Gasteiger partial charge < -0.3 is 4.74 Å². The minimum absolute atomic E-state index is 0.262. The van der Waals surface area contributed by atoms with Crippen molar-refractivity contribution < 1.29 is 9.26 Å². The van der Waals surface area contributed by atoms with Gasteiger partial charge in [0.25, 0.3) is 0 Å². The lowest BCUT2D eigenvalue weighted by atomic mass is 10.3. The predicted molar refractivity (Wildman–Crippen MR) is 78.7 cm³/mol. The van der Waals surface area contributed by atoms with Crippen LogP contribution in [-0.4, -0.2) is 26.3 Å². The molecule has 0 bridgehead atoms. The first kappa shape index (κ1) is 14.3. The van der Waals surface area contributed by atoms with E-state index in [1.807, 2.05) is 0 Å². The van der Waals surface area contributed by atoms with Crippen molar-refractivity contribution in [1.29, 1.82) is 0 Å². The minimum Gasteiger partial charge on any atom is -0.492 e. The summed E-state index contributed by atoms with van der Waals surface area (Å²) in [6.45, 7) is 0.529. The van der Waals surface area contributed by atoms with E-state index in [9.17, 15) is 4.79 Å². The second-order valence-electron chi connectivity index (χ2n) is 4.30. The van der Waals surface area contributed by atoms with E-state index in [2.05, 4.69) is 19.6 Å². The third-order valence-electron chi connectivity index (χ3n) is 2.85. The Kier molecular flexibility index (Phi) is 4.15. The first-order chi connectivity index (χ1) is 10.7. The van der Waals surface area contributed by atoms with Crippen molar-refractivity contribution in [2.24, 2.45) is 0 Å². The van der Waals surface area contributed by atoms with Gasteiger partial charge in [0.05, 0.1) is 6.54 Å². The SMILES string of the molecule is O=c1onc(-c2ncccn2)n1CCOc1ccc(Cl)cc1. The van der Waals surface area contributed by atoms with E-state index in [1.165, 1.54) is 4.57 Å². The number of benzene rings is 1. The Hall–Kier alpha value is -2.67. The number of hydrogen-bond acceptors (Lipinski definition) is 6. The Morgan fingerprint density at radius 2 is 1.91 bits per heavy atom. The van der Waals surface area contributed by atoms with E-state index in [1.54, 1.807) is 42.7 Å². The summed E-state index contributed by atoms with van der Waals surface area (Å²) in [4.78, 5) is 19.8. The fourth-order valence-corrected chi connectivity index (χ4v) is 1.95. The molecular formula is C14H11ClN4O3. The van der Waals surface area contributed by atoms with E-state index in [0.29, 0.717) is 16.6 Å². The highest BCUT2D eigenvalue weighted by Crippen LogP contribution is 2.15. The molecule has 0 saturated heterocycles. The number of hydrogen-bond donors (Lipinski definition) is 0. The van der Waals surface area contributed by atoms with Crippen molar-refractivity contribution in [2.75, 3.05) is 6.61 Å². The van der Waals surface area contributed by atoms with Gasteiger partial charge in [-0.3, -0.25) is 9.09 Å². The second kappa shape index (κ2) is 6.40. The number of nitrogens with zero attached hydrogens (tertiary/aromatic N) is 4. The maximum absolute atomic E-state index is 11.7. The molecule has 3 rings (SSSR count). The average Bonchev–Trinajstić information content (AvgIpc) is 2.91. The Balaban J connectivity index is 1.72. The summed E-state index contributed by atoms with van der Waals surface area (Å²) in [5.41, 5.74) is 0. The zero-order valence-corrected chi connectivity index (χ0v) is 12.1. The molecule has 0 aliphatic heterocycles. The predicted octanol–water partition coefficient (Wildman–Crippen LogP) is 2.03. The van der Waals surface area contributed by atoms with Gasteiger partial charge in [0.2, 0.25) is 5.82 Å². The Bertz CT molecular complexity index is 799. The van der Waals surface area contributed by atoms with Crippen molar-refractivity contribution >= 4 is 11.6 Å². The third-order valence-corrected chi connectivity index (χ3v) is 3.10. The van der Waals surface area contributed by atoms with Gasteiger partial charge in [0.15, 0.2) is 5.82 Å². The zero-order chi connectivity index (χ0) is 15.4. The molecule has 0 unspecified atom stereocenters. The van der Waals surface area contributed by atoms with E-state index < -0.39 is 5.76 Å². The van der Waals surface area contributed by atoms with Gasteiger partial charge in [-0.1, -0.05) is 16.8 Å². The molecule has 0 N–H and O–H groups in total. The summed E-state index contributed by atoms with van der Waals surface area (Å²) in [6.07, 6.45) is 3.13. The van der Waals surface area contributed by atoms with Crippen molar-refractivity contribution in [3.05, 3.63) is 58.3 Å². The monoisotopic (exact) mass is 318 g/mol. The maximum Gasteiger partial charge on any atom is 0.442 e. The van der Waals surface area contributed by atoms with Crippen LogP contribution < -0.4 is 10.5 Å². The molecular weight excluding hydrogens is 308 g/mol. The van der Waals surface area contributed by atoms with Gasteiger partial charge in [-0.05, 0) is 30.3 Å². The molecule has 0 radical (unpaired) electrons. The summed E-state index contributed by atoms with van der Waals surface area (Å²) < 4.78 is 11.5. The Labute approximate surface area is 130 Å². The van der Waals surface area contributed by atoms with Gasteiger partial charge in [0, 0.05) is 17.4 Å². The third kappa shape index (κ3) is 3.15. The van der Waals surface area contributed by atoms with E-state index in [0.717, 1.165) is 0 Å². The molecule has 0 spiro atoms. The van der Waals surface area contributed by atoms with Gasteiger partial charge >= 0.3 is 5.76 Å². The summed E-state index contributed by atoms with van der Waals surface area (Å²) in [5.74, 6) is 0.665. The summed E-state index contributed by atoms with van der Waals surface area (Å²) in [7, 11) is 0. The van der Waals surface area contributed by atoms with Crippen LogP contribution in [0.2, 0.25) is 5.02 Å². The number of ether oxygens (including phenoxy) is 1. The van der Waals surface area contributed by atoms with Gasteiger partial charge in [-0.25, -0.2) is 14.8 Å². The fourth-order valence-electron chi connectivity index (χ4n) is 1.83. The normalized spacial score (nSPS) is 10.6. The van der Waals surface area contributed by atoms with Crippen LogP contribution in [0.1, 0.15) is 0 Å². The highest BCUT2D eigenvalue weighted by molar-refractivity contribution is 6.30. The van der Waals surface area contributed by atoms with Crippen molar-refractivity contribution in [3.63, 3.8) is 0 Å². The smallest absolute Gasteiger partial charge is 0.442 e. The lowest BCUT2D eigenvalue weighted by molar-refractivity contribution is 0.290. The van der Waals surface area contributed by atoms with Crippen molar-refractivity contribution in [2.45, 2.75) is 6.54 Å². The second-order valence-corrected chi connectivity index (χ2v) is 4.73. The number of halogens is 1.